The molecule has 1 aliphatic heterocycles. The molecule has 0 spiro atoms. The molecule has 0 bridgehead atoms. The van der Waals surface area contributed by atoms with Crippen molar-refractivity contribution in [3.8, 4) is 0 Å². The van der Waals surface area contributed by atoms with E-state index < -0.39 is 23.7 Å². The van der Waals surface area contributed by atoms with Crippen molar-refractivity contribution in [2.45, 2.75) is 56.9 Å². The second-order valence-corrected chi connectivity index (χ2v) is 6.74. The Morgan fingerprint density at radius 1 is 1.19 bits per heavy atom. The molecule has 0 saturated heterocycles. The van der Waals surface area contributed by atoms with E-state index in [0.717, 1.165) is 26.2 Å². The minimum absolute atomic E-state index is 0.0913. The molecule has 0 aromatic heterocycles. The zero-order chi connectivity index (χ0) is 18.9. The Labute approximate surface area is 149 Å². The smallest absolute Gasteiger partial charge is 0.298 e. The van der Waals surface area contributed by atoms with E-state index in [4.69, 9.17) is 0 Å². The summed E-state index contributed by atoms with van der Waals surface area (Å²) in [6.07, 6.45) is -0.997. The highest BCUT2D eigenvalue weighted by Crippen LogP contribution is 2.33. The van der Waals surface area contributed by atoms with Crippen LogP contribution in [0.3, 0.4) is 0 Å². The van der Waals surface area contributed by atoms with E-state index in [2.05, 4.69) is 4.99 Å². The third-order valence-electron chi connectivity index (χ3n) is 4.86. The Hall–Kier alpha value is -2.38. The lowest BCUT2D eigenvalue weighted by Gasteiger charge is -2.28. The van der Waals surface area contributed by atoms with Gasteiger partial charge in [-0.1, -0.05) is 24.6 Å². The topological polar surface area (TPSA) is 63.4 Å². The highest BCUT2D eigenvalue weighted by atomic mass is 19.4. The molecule has 0 radical (unpaired) electrons. The van der Waals surface area contributed by atoms with Crippen molar-refractivity contribution in [1.29, 1.82) is 0 Å². The first-order valence-corrected chi connectivity index (χ1v) is 8.66. The molecule has 140 valence electrons. The van der Waals surface area contributed by atoms with Crippen LogP contribution in [0.5, 0.6) is 0 Å². The van der Waals surface area contributed by atoms with Gasteiger partial charge < -0.3 is 0 Å². The summed E-state index contributed by atoms with van der Waals surface area (Å²) in [5.41, 5.74) is -2.66. The maximum atomic E-state index is 13.9. The fraction of sp³-hybridized carbons (Fsp3) is 0.500. The number of amidine groups is 1. The van der Waals surface area contributed by atoms with E-state index in [-0.39, 0.29) is 11.9 Å². The number of alkyl halides is 3. The van der Waals surface area contributed by atoms with Gasteiger partial charge in [-0.05, 0) is 37.8 Å². The molecule has 1 aliphatic carbocycles. The Kier molecular flexibility index (Phi) is 4.77. The number of carbonyl (C=O) groups excluding carboxylic acids is 2. The summed E-state index contributed by atoms with van der Waals surface area (Å²) in [4.78, 5) is 28.0. The summed E-state index contributed by atoms with van der Waals surface area (Å²) < 4.78 is 41.8. The number of hydrogen-bond acceptors (Lipinski definition) is 2. The van der Waals surface area contributed by atoms with Crippen molar-refractivity contribution in [2.75, 3.05) is 0 Å². The molecular formula is C18H21F3N3O2+. The predicted molar refractivity (Wildman–Crippen MR) is 87.8 cm³/mol. The minimum Gasteiger partial charge on any atom is -0.298 e. The zero-order valence-electron chi connectivity index (χ0n) is 14.4. The number of benzene rings is 1. The average Bonchev–Trinajstić information content (AvgIpc) is 2.89. The van der Waals surface area contributed by atoms with Gasteiger partial charge in [-0.25, -0.2) is 9.79 Å². The van der Waals surface area contributed by atoms with Gasteiger partial charge in [0.2, 0.25) is 5.91 Å². The van der Waals surface area contributed by atoms with Gasteiger partial charge in [0.15, 0.2) is 0 Å². The molecular weight excluding hydrogens is 347 g/mol. The van der Waals surface area contributed by atoms with Gasteiger partial charge in [-0.2, -0.15) is 18.1 Å². The number of hydrogen-bond donors (Lipinski definition) is 2. The molecule has 8 heteroatoms. The van der Waals surface area contributed by atoms with Crippen LogP contribution in [-0.4, -0.2) is 40.4 Å². The largest absolute Gasteiger partial charge is 0.465 e. The molecule has 1 saturated carbocycles. The lowest BCUT2D eigenvalue weighted by molar-refractivity contribution is -0.581. The standard InChI is InChI=1S/C18H20F3N3O2/c1-12(25)22-17(18(19,20)21)16(26)24(14-10-6-3-7-11-14)15(23-17)13-8-4-2-5-9-13/h2,4-5,8-9,14H,3,6-7,10-11H2,1H3,(H,22,25)/p+1/t17-/m0/s1. The Bertz CT molecular complexity index is 727. The molecule has 1 fully saturated rings. The molecule has 2 amide bonds. The fourth-order valence-electron chi connectivity index (χ4n) is 3.68. The van der Waals surface area contributed by atoms with E-state index in [1.165, 1.54) is 4.90 Å². The van der Waals surface area contributed by atoms with Gasteiger partial charge in [-0.3, -0.25) is 10.1 Å². The molecule has 2 N–H and O–H groups in total. The first-order chi connectivity index (χ1) is 12.3. The normalized spacial score (nSPS) is 24.5. The van der Waals surface area contributed by atoms with Crippen LogP contribution in [0.1, 0.15) is 44.6 Å². The van der Waals surface area contributed by atoms with Crippen LogP contribution in [0.25, 0.3) is 0 Å². The molecule has 1 atom stereocenters. The number of nitrogens with one attached hydrogen (secondary N) is 2. The zero-order valence-corrected chi connectivity index (χ0v) is 14.4. The summed E-state index contributed by atoms with van der Waals surface area (Å²) in [7, 11) is 0. The van der Waals surface area contributed by atoms with Crippen molar-refractivity contribution in [2.24, 2.45) is 0 Å². The van der Waals surface area contributed by atoms with Crippen LogP contribution in [0.4, 0.5) is 13.2 Å². The highest BCUT2D eigenvalue weighted by molar-refractivity contribution is 6.11. The second-order valence-electron chi connectivity index (χ2n) is 6.74. The fourth-order valence-corrected chi connectivity index (χ4v) is 3.68. The van der Waals surface area contributed by atoms with E-state index in [9.17, 15) is 22.8 Å². The first kappa shape index (κ1) is 18.4. The van der Waals surface area contributed by atoms with E-state index in [1.807, 2.05) is 5.32 Å². The predicted octanol–water partition coefficient (Wildman–Crippen LogP) is 1.08. The maximum absolute atomic E-state index is 13.9. The Balaban J connectivity index is 2.13. The number of halogens is 3. The lowest BCUT2D eigenvalue weighted by Crippen LogP contribution is -2.96. The van der Waals surface area contributed by atoms with Gasteiger partial charge in [-0.15, -0.1) is 0 Å². The third kappa shape index (κ3) is 3.08. The van der Waals surface area contributed by atoms with Crippen molar-refractivity contribution in [3.05, 3.63) is 35.9 Å². The molecule has 1 heterocycles. The number of nitrogens with zero attached hydrogens (tertiary/aromatic N) is 1. The van der Waals surface area contributed by atoms with E-state index >= 15 is 0 Å². The molecule has 3 rings (SSSR count). The molecule has 0 unspecified atom stereocenters. The van der Waals surface area contributed by atoms with E-state index in [0.29, 0.717) is 18.4 Å². The van der Waals surface area contributed by atoms with Gasteiger partial charge >= 0.3 is 17.7 Å². The highest BCUT2D eigenvalue weighted by Gasteiger charge is 2.73. The lowest BCUT2D eigenvalue weighted by atomic mass is 9.93. The maximum Gasteiger partial charge on any atom is 0.465 e. The Morgan fingerprint density at radius 2 is 1.81 bits per heavy atom. The first-order valence-electron chi connectivity index (χ1n) is 8.66. The van der Waals surface area contributed by atoms with Crippen LogP contribution in [0.15, 0.2) is 30.3 Å². The molecule has 1 aromatic rings. The summed E-state index contributed by atoms with van der Waals surface area (Å²) in [5, 5.41) is 1.83. The van der Waals surface area contributed by atoms with E-state index in [1.54, 1.807) is 30.3 Å². The summed E-state index contributed by atoms with van der Waals surface area (Å²) in [6, 6.07) is 8.10. The van der Waals surface area contributed by atoms with Gasteiger partial charge in [0.05, 0.1) is 5.56 Å². The summed E-state index contributed by atoms with van der Waals surface area (Å²) >= 11 is 0. The monoisotopic (exact) mass is 368 g/mol. The van der Waals surface area contributed by atoms with Crippen LogP contribution in [-0.2, 0) is 9.59 Å². The van der Waals surface area contributed by atoms with Crippen LogP contribution in [0.2, 0.25) is 0 Å². The average molecular weight is 368 g/mol. The Morgan fingerprint density at radius 3 is 2.35 bits per heavy atom. The van der Waals surface area contributed by atoms with Gasteiger partial charge in [0.1, 0.15) is 6.04 Å². The molecule has 5 nitrogen and oxygen atoms in total. The number of carbonyl (C=O) groups is 2. The van der Waals surface area contributed by atoms with Crippen LogP contribution < -0.4 is 10.3 Å². The van der Waals surface area contributed by atoms with Crippen molar-refractivity contribution in [1.82, 2.24) is 10.2 Å². The van der Waals surface area contributed by atoms with Crippen molar-refractivity contribution in [3.63, 3.8) is 0 Å². The van der Waals surface area contributed by atoms with Gasteiger partial charge in [0, 0.05) is 6.92 Å². The second kappa shape index (κ2) is 6.74. The number of rotatable bonds is 3. The van der Waals surface area contributed by atoms with Gasteiger partial charge in [0.25, 0.3) is 5.84 Å². The summed E-state index contributed by atoms with van der Waals surface area (Å²) in [6.45, 7) is 0.966. The molecule has 1 aromatic carbocycles. The summed E-state index contributed by atoms with van der Waals surface area (Å²) in [5.74, 6) is -2.01. The van der Waals surface area contributed by atoms with Crippen molar-refractivity contribution >= 4 is 17.6 Å². The van der Waals surface area contributed by atoms with Crippen molar-refractivity contribution < 1.29 is 27.8 Å². The molecule has 26 heavy (non-hydrogen) atoms. The van der Waals surface area contributed by atoms with Crippen LogP contribution >= 0.6 is 0 Å². The molecule has 2 aliphatic rings. The number of amides is 2. The van der Waals surface area contributed by atoms with Crippen LogP contribution in [0, 0.1) is 0 Å². The SMILES string of the molecule is CC(=O)N[C@]1(C(F)(F)F)[NH+]=C(c2ccccc2)N(C2CCCCC2)C1=O. The third-order valence-corrected chi connectivity index (χ3v) is 4.86. The minimum atomic E-state index is -4.99. The quantitative estimate of drug-likeness (QED) is 0.839.